The van der Waals surface area contributed by atoms with Crippen molar-refractivity contribution in [2.24, 2.45) is 5.92 Å². The summed E-state index contributed by atoms with van der Waals surface area (Å²) in [6.45, 7) is 2.42. The summed E-state index contributed by atoms with van der Waals surface area (Å²) in [7, 11) is 0. The summed E-state index contributed by atoms with van der Waals surface area (Å²) < 4.78 is 0. The average Bonchev–Trinajstić information content (AvgIpc) is 1.98. The molecule has 0 aromatic heterocycles. The van der Waals surface area contributed by atoms with Crippen molar-refractivity contribution in [3.05, 3.63) is 0 Å². The Morgan fingerprint density at radius 3 is 2.08 bits per heavy atom. The minimum atomic E-state index is -1.24. The van der Waals surface area contributed by atoms with Gasteiger partial charge in [-0.3, -0.25) is 25.2 Å². The van der Waals surface area contributed by atoms with E-state index in [0.717, 1.165) is 0 Å². The molecule has 0 radical (unpaired) electrons. The van der Waals surface area contributed by atoms with Gasteiger partial charge in [0, 0.05) is 6.92 Å². The standard InChI is InChI=1S/C6H10N2O4/c1-3(6(11)12)5(10)8-7-4(2)9/h3H,1-2H3,(H,7,9)(H,8,10)(H,11,12). The Kier molecular flexibility index (Phi) is 3.75. The van der Waals surface area contributed by atoms with Gasteiger partial charge in [0.1, 0.15) is 5.92 Å². The van der Waals surface area contributed by atoms with Crippen LogP contribution in [0.15, 0.2) is 0 Å². The Morgan fingerprint density at radius 2 is 1.75 bits per heavy atom. The lowest BCUT2D eigenvalue weighted by Crippen LogP contribution is -2.44. The van der Waals surface area contributed by atoms with Crippen LogP contribution in [0.4, 0.5) is 0 Å². The van der Waals surface area contributed by atoms with E-state index in [2.05, 4.69) is 0 Å². The first kappa shape index (κ1) is 10.4. The van der Waals surface area contributed by atoms with E-state index in [1.165, 1.54) is 13.8 Å². The van der Waals surface area contributed by atoms with Crippen LogP contribution in [0.3, 0.4) is 0 Å². The van der Waals surface area contributed by atoms with Gasteiger partial charge >= 0.3 is 5.97 Å². The molecule has 0 saturated heterocycles. The predicted molar refractivity (Wildman–Crippen MR) is 38.8 cm³/mol. The van der Waals surface area contributed by atoms with Gasteiger partial charge in [0.15, 0.2) is 0 Å². The van der Waals surface area contributed by atoms with Gasteiger partial charge in [-0.2, -0.15) is 0 Å². The number of hydrogen-bond donors (Lipinski definition) is 3. The number of rotatable bonds is 2. The van der Waals surface area contributed by atoms with E-state index < -0.39 is 23.7 Å². The molecule has 0 aromatic carbocycles. The smallest absolute Gasteiger partial charge is 0.315 e. The van der Waals surface area contributed by atoms with Gasteiger partial charge in [-0.1, -0.05) is 0 Å². The van der Waals surface area contributed by atoms with E-state index in [4.69, 9.17) is 5.11 Å². The molecule has 0 heterocycles. The van der Waals surface area contributed by atoms with E-state index in [1.54, 1.807) is 0 Å². The van der Waals surface area contributed by atoms with Crippen LogP contribution in [0, 0.1) is 5.92 Å². The molecule has 68 valence electrons. The molecule has 12 heavy (non-hydrogen) atoms. The Hall–Kier alpha value is -1.59. The number of carbonyl (C=O) groups is 3. The van der Waals surface area contributed by atoms with Crippen LogP contribution in [0.2, 0.25) is 0 Å². The summed E-state index contributed by atoms with van der Waals surface area (Å²) >= 11 is 0. The highest BCUT2D eigenvalue weighted by molar-refractivity contribution is 5.97. The van der Waals surface area contributed by atoms with Gasteiger partial charge in [0.25, 0.3) is 5.91 Å². The van der Waals surface area contributed by atoms with Crippen LogP contribution >= 0.6 is 0 Å². The summed E-state index contributed by atoms with van der Waals surface area (Å²) in [5.74, 6) is -3.62. The molecule has 6 heteroatoms. The van der Waals surface area contributed by atoms with Gasteiger partial charge in [-0.05, 0) is 6.92 Å². The summed E-state index contributed by atoms with van der Waals surface area (Å²) in [5.41, 5.74) is 3.92. The molecule has 0 fully saturated rings. The number of carboxylic acid groups (broad SMARTS) is 1. The van der Waals surface area contributed by atoms with Gasteiger partial charge in [-0.15, -0.1) is 0 Å². The number of aliphatic carboxylic acids is 1. The highest BCUT2D eigenvalue weighted by atomic mass is 16.4. The summed E-state index contributed by atoms with van der Waals surface area (Å²) in [5, 5.41) is 8.34. The Labute approximate surface area is 68.9 Å². The Balaban J connectivity index is 3.88. The van der Waals surface area contributed by atoms with Crippen molar-refractivity contribution in [2.45, 2.75) is 13.8 Å². The van der Waals surface area contributed by atoms with Crippen LogP contribution in [-0.4, -0.2) is 22.9 Å². The van der Waals surface area contributed by atoms with Crippen LogP contribution in [0.5, 0.6) is 0 Å². The number of hydrogen-bond acceptors (Lipinski definition) is 3. The highest BCUT2D eigenvalue weighted by Gasteiger charge is 2.19. The monoisotopic (exact) mass is 174 g/mol. The molecule has 0 aromatic rings. The second-order valence-electron chi connectivity index (χ2n) is 2.23. The number of amides is 2. The van der Waals surface area contributed by atoms with Crippen molar-refractivity contribution in [1.29, 1.82) is 0 Å². The molecule has 0 aliphatic heterocycles. The Bertz CT molecular complexity index is 214. The van der Waals surface area contributed by atoms with E-state index in [0.29, 0.717) is 0 Å². The first-order valence-corrected chi connectivity index (χ1v) is 3.24. The third-order valence-electron chi connectivity index (χ3n) is 1.13. The third-order valence-corrected chi connectivity index (χ3v) is 1.13. The van der Waals surface area contributed by atoms with Crippen LogP contribution in [0.1, 0.15) is 13.8 Å². The maximum absolute atomic E-state index is 10.8. The zero-order chi connectivity index (χ0) is 9.72. The lowest BCUT2D eigenvalue weighted by molar-refractivity contribution is -0.147. The third kappa shape index (κ3) is 3.55. The van der Waals surface area contributed by atoms with E-state index in [1.807, 2.05) is 10.9 Å². The molecule has 1 unspecified atom stereocenters. The topological polar surface area (TPSA) is 95.5 Å². The molecular weight excluding hydrogens is 164 g/mol. The fourth-order valence-corrected chi connectivity index (χ4v) is 0.370. The van der Waals surface area contributed by atoms with Crippen LogP contribution in [-0.2, 0) is 14.4 Å². The average molecular weight is 174 g/mol. The summed E-state index contributed by atoms with van der Waals surface area (Å²) in [4.78, 5) is 31.3. The summed E-state index contributed by atoms with van der Waals surface area (Å²) in [6, 6.07) is 0. The SMILES string of the molecule is CC(=O)NNC(=O)C(C)C(=O)O. The molecule has 0 bridgehead atoms. The number of hydrazine groups is 1. The number of carbonyl (C=O) groups excluding carboxylic acids is 2. The lowest BCUT2D eigenvalue weighted by Gasteiger charge is -2.07. The molecule has 0 saturated carbocycles. The molecule has 0 aliphatic carbocycles. The zero-order valence-electron chi connectivity index (χ0n) is 6.75. The quantitative estimate of drug-likeness (QED) is 0.365. The van der Waals surface area contributed by atoms with Crippen molar-refractivity contribution in [2.75, 3.05) is 0 Å². The normalized spacial score (nSPS) is 11.5. The van der Waals surface area contributed by atoms with Gasteiger partial charge in [0.2, 0.25) is 5.91 Å². The summed E-state index contributed by atoms with van der Waals surface area (Å²) in [6.07, 6.45) is 0. The van der Waals surface area contributed by atoms with Gasteiger partial charge in [-0.25, -0.2) is 0 Å². The maximum Gasteiger partial charge on any atom is 0.315 e. The molecule has 6 nitrogen and oxygen atoms in total. The fourth-order valence-electron chi connectivity index (χ4n) is 0.370. The molecular formula is C6H10N2O4. The van der Waals surface area contributed by atoms with Crippen molar-refractivity contribution < 1.29 is 19.5 Å². The molecule has 0 spiro atoms. The first-order chi connectivity index (χ1) is 5.45. The molecule has 3 N–H and O–H groups in total. The van der Waals surface area contributed by atoms with E-state index in [-0.39, 0.29) is 0 Å². The lowest BCUT2D eigenvalue weighted by atomic mass is 10.2. The number of carboxylic acids is 1. The second kappa shape index (κ2) is 4.32. The van der Waals surface area contributed by atoms with Crippen molar-refractivity contribution in [3.63, 3.8) is 0 Å². The highest BCUT2D eigenvalue weighted by Crippen LogP contribution is 1.92. The van der Waals surface area contributed by atoms with Crippen molar-refractivity contribution >= 4 is 17.8 Å². The second-order valence-corrected chi connectivity index (χ2v) is 2.23. The number of nitrogens with one attached hydrogen (secondary N) is 2. The minimum Gasteiger partial charge on any atom is -0.481 e. The fraction of sp³-hybridized carbons (Fsp3) is 0.500. The molecule has 2 amide bonds. The minimum absolute atomic E-state index is 0.457. The van der Waals surface area contributed by atoms with Crippen molar-refractivity contribution in [3.8, 4) is 0 Å². The molecule has 0 aliphatic rings. The zero-order valence-corrected chi connectivity index (χ0v) is 6.75. The van der Waals surface area contributed by atoms with Gasteiger partial charge in [0.05, 0.1) is 0 Å². The Morgan fingerprint density at radius 1 is 1.25 bits per heavy atom. The van der Waals surface area contributed by atoms with E-state index in [9.17, 15) is 14.4 Å². The van der Waals surface area contributed by atoms with E-state index >= 15 is 0 Å². The molecule has 0 rings (SSSR count). The predicted octanol–water partition coefficient (Wildman–Crippen LogP) is -1.13. The van der Waals surface area contributed by atoms with Crippen LogP contribution in [0.25, 0.3) is 0 Å². The first-order valence-electron chi connectivity index (χ1n) is 3.24. The van der Waals surface area contributed by atoms with Crippen molar-refractivity contribution in [1.82, 2.24) is 10.9 Å². The largest absolute Gasteiger partial charge is 0.481 e. The van der Waals surface area contributed by atoms with Crippen LogP contribution < -0.4 is 10.9 Å². The maximum atomic E-state index is 10.8. The molecule has 1 atom stereocenters. The van der Waals surface area contributed by atoms with Gasteiger partial charge < -0.3 is 5.11 Å².